The van der Waals surface area contributed by atoms with E-state index in [0.717, 1.165) is 56.5 Å². The van der Waals surface area contributed by atoms with E-state index in [1.54, 1.807) is 5.57 Å². The van der Waals surface area contributed by atoms with Gasteiger partial charge in [0, 0.05) is 37.9 Å². The number of rotatable bonds is 2. The summed E-state index contributed by atoms with van der Waals surface area (Å²) in [5, 5.41) is 0. The van der Waals surface area contributed by atoms with Crippen LogP contribution in [0.15, 0.2) is 11.1 Å². The van der Waals surface area contributed by atoms with Gasteiger partial charge in [0.1, 0.15) is 5.78 Å². The predicted molar refractivity (Wildman–Crippen MR) is 132 cm³/mol. The number of Topliss-reactive ketones (excluding diaryl/α,β-unsaturated/α-hetero) is 1. The van der Waals surface area contributed by atoms with E-state index < -0.39 is 0 Å². The zero-order valence-electron chi connectivity index (χ0n) is 21.3. The SMILES string of the molecule is CC1=C2C[C@H]3C(CC[C@@H]4CC(=O)CC[C@@]43C)[C@@H]2CCC2(C1)OC1CCCN(CCN)[C@H]1[C@H]2C. The van der Waals surface area contributed by atoms with Crippen LogP contribution in [0.1, 0.15) is 91.4 Å². The van der Waals surface area contributed by atoms with Gasteiger partial charge in [-0.2, -0.15) is 0 Å². The van der Waals surface area contributed by atoms with Crippen molar-refractivity contribution < 1.29 is 9.53 Å². The van der Waals surface area contributed by atoms with E-state index in [-0.39, 0.29) is 5.60 Å². The number of hydrogen-bond donors (Lipinski definition) is 1. The topological polar surface area (TPSA) is 55.6 Å². The number of carbonyl (C=O) groups excluding carboxylic acids is 1. The maximum Gasteiger partial charge on any atom is 0.133 e. The number of nitrogens with zero attached hydrogens (tertiary/aromatic N) is 1. The molecule has 2 N–H and O–H groups in total. The van der Waals surface area contributed by atoms with Crippen LogP contribution >= 0.6 is 0 Å². The molecule has 0 bridgehead atoms. The third-order valence-electron chi connectivity index (χ3n) is 11.8. The van der Waals surface area contributed by atoms with Crippen LogP contribution < -0.4 is 5.73 Å². The van der Waals surface area contributed by atoms with Crippen molar-refractivity contribution in [2.24, 2.45) is 40.7 Å². The van der Waals surface area contributed by atoms with Gasteiger partial charge in [0.05, 0.1) is 11.7 Å². The zero-order chi connectivity index (χ0) is 23.0. The summed E-state index contributed by atoms with van der Waals surface area (Å²) in [7, 11) is 0. The number of nitrogens with two attached hydrogens (primary N) is 1. The van der Waals surface area contributed by atoms with Crippen molar-refractivity contribution in [2.45, 2.75) is 109 Å². The fourth-order valence-corrected chi connectivity index (χ4v) is 10.1. The lowest BCUT2D eigenvalue weighted by atomic mass is 9.52. The summed E-state index contributed by atoms with van der Waals surface area (Å²) < 4.78 is 7.10. The Kier molecular flexibility index (Phi) is 5.63. The van der Waals surface area contributed by atoms with Crippen molar-refractivity contribution in [3.05, 3.63) is 11.1 Å². The van der Waals surface area contributed by atoms with Crippen LogP contribution in [-0.4, -0.2) is 48.1 Å². The van der Waals surface area contributed by atoms with E-state index in [4.69, 9.17) is 10.5 Å². The lowest BCUT2D eigenvalue weighted by molar-refractivity contribution is -0.129. The van der Waals surface area contributed by atoms with Crippen LogP contribution in [0.4, 0.5) is 0 Å². The number of ether oxygens (including phenoxy) is 1. The highest BCUT2D eigenvalue weighted by molar-refractivity contribution is 5.79. The Labute approximate surface area is 201 Å². The lowest BCUT2D eigenvalue weighted by Gasteiger charge is -2.52. The highest BCUT2D eigenvalue weighted by Gasteiger charge is 2.59. The molecule has 0 aromatic rings. The molecule has 184 valence electrons. The summed E-state index contributed by atoms with van der Waals surface area (Å²) in [4.78, 5) is 14.9. The summed E-state index contributed by atoms with van der Waals surface area (Å²) in [6, 6.07) is 0.555. The van der Waals surface area contributed by atoms with Crippen LogP contribution in [-0.2, 0) is 9.53 Å². The molecule has 4 heteroatoms. The number of hydrogen-bond acceptors (Lipinski definition) is 4. The fourth-order valence-electron chi connectivity index (χ4n) is 10.1. The van der Waals surface area contributed by atoms with Crippen LogP contribution in [0.3, 0.4) is 0 Å². The van der Waals surface area contributed by atoms with E-state index >= 15 is 0 Å². The summed E-state index contributed by atoms with van der Waals surface area (Å²) >= 11 is 0. The van der Waals surface area contributed by atoms with Gasteiger partial charge in [0.2, 0.25) is 0 Å². The zero-order valence-corrected chi connectivity index (χ0v) is 21.3. The minimum absolute atomic E-state index is 0.0296. The first-order valence-electron chi connectivity index (χ1n) is 14.2. The summed E-state index contributed by atoms with van der Waals surface area (Å²) in [5.41, 5.74) is 9.88. The number of allylic oxidation sites excluding steroid dienone is 1. The second-order valence-corrected chi connectivity index (χ2v) is 13.1. The molecule has 0 aromatic carbocycles. The maximum absolute atomic E-state index is 12.2. The Morgan fingerprint density at radius 3 is 2.82 bits per heavy atom. The van der Waals surface area contributed by atoms with E-state index in [0.29, 0.717) is 35.2 Å². The summed E-state index contributed by atoms with van der Waals surface area (Å²) in [5.74, 6) is 4.16. The number of piperidine rings is 1. The number of ketones is 1. The van der Waals surface area contributed by atoms with Crippen molar-refractivity contribution in [2.75, 3.05) is 19.6 Å². The molecule has 2 aliphatic heterocycles. The largest absolute Gasteiger partial charge is 0.369 e. The maximum atomic E-state index is 12.2. The molecule has 33 heavy (non-hydrogen) atoms. The molecule has 1 spiro atoms. The molecule has 3 unspecified atom stereocenters. The standard InChI is InChI=1S/C29H46N2O2/c1-18-17-29(19(2)27-26(33-29)5-4-13-31(27)14-12-30)11-9-22-23-7-6-20-15-21(32)8-10-28(20,3)25(23)16-24(18)22/h19-20,22-23,25-27H,4-17,30H2,1-3H3/t19-,20-,22+,23?,25+,26?,27+,28+,29?/m1/s1. The van der Waals surface area contributed by atoms with Gasteiger partial charge in [-0.05, 0) is 100 Å². The molecule has 4 aliphatic carbocycles. The minimum atomic E-state index is 0.0296. The van der Waals surface area contributed by atoms with E-state index in [1.165, 1.54) is 51.5 Å². The summed E-state index contributed by atoms with van der Waals surface area (Å²) in [6.45, 7) is 10.5. The number of fused-ring (bicyclic) bond motifs is 6. The van der Waals surface area contributed by atoms with Crippen molar-refractivity contribution in [3.63, 3.8) is 0 Å². The quantitative estimate of drug-likeness (QED) is 0.590. The molecular formula is C29H46N2O2. The molecule has 3 saturated carbocycles. The van der Waals surface area contributed by atoms with E-state index in [9.17, 15) is 4.79 Å². The van der Waals surface area contributed by atoms with Gasteiger partial charge < -0.3 is 10.5 Å². The first-order chi connectivity index (χ1) is 15.9. The molecule has 4 nitrogen and oxygen atoms in total. The third-order valence-corrected chi connectivity index (χ3v) is 11.8. The normalized spacial score (nSPS) is 50.1. The average molecular weight is 455 g/mol. The minimum Gasteiger partial charge on any atom is -0.369 e. The second-order valence-electron chi connectivity index (χ2n) is 13.1. The molecule has 6 rings (SSSR count). The highest BCUT2D eigenvalue weighted by Crippen LogP contribution is 2.65. The van der Waals surface area contributed by atoms with Crippen LogP contribution in [0, 0.1) is 35.0 Å². The molecule has 9 atom stereocenters. The Morgan fingerprint density at radius 2 is 2.00 bits per heavy atom. The Morgan fingerprint density at radius 1 is 1.15 bits per heavy atom. The van der Waals surface area contributed by atoms with Crippen LogP contribution in [0.25, 0.3) is 0 Å². The Bertz CT molecular complexity index is 835. The molecular weight excluding hydrogens is 408 g/mol. The monoisotopic (exact) mass is 454 g/mol. The number of carbonyl (C=O) groups is 1. The third kappa shape index (κ3) is 3.37. The van der Waals surface area contributed by atoms with Gasteiger partial charge in [-0.15, -0.1) is 0 Å². The first-order valence-corrected chi connectivity index (χ1v) is 14.2. The molecule has 5 fully saturated rings. The predicted octanol–water partition coefficient (Wildman–Crippen LogP) is 5.11. The van der Waals surface area contributed by atoms with Crippen molar-refractivity contribution in [3.8, 4) is 0 Å². The van der Waals surface area contributed by atoms with Gasteiger partial charge >= 0.3 is 0 Å². The van der Waals surface area contributed by atoms with Crippen LogP contribution in [0.2, 0.25) is 0 Å². The van der Waals surface area contributed by atoms with Gasteiger partial charge in [-0.25, -0.2) is 0 Å². The van der Waals surface area contributed by atoms with Gasteiger partial charge in [-0.1, -0.05) is 25.0 Å². The highest BCUT2D eigenvalue weighted by atomic mass is 16.5. The molecule has 0 radical (unpaired) electrons. The molecule has 2 heterocycles. The average Bonchev–Trinajstić information content (AvgIpc) is 3.26. The lowest BCUT2D eigenvalue weighted by Crippen LogP contribution is -2.51. The first kappa shape index (κ1) is 22.7. The Hall–Kier alpha value is -0.710. The fraction of sp³-hybridized carbons (Fsp3) is 0.897. The van der Waals surface area contributed by atoms with Gasteiger partial charge in [-0.3, -0.25) is 9.69 Å². The van der Waals surface area contributed by atoms with Crippen molar-refractivity contribution in [1.82, 2.24) is 4.90 Å². The summed E-state index contributed by atoms with van der Waals surface area (Å²) in [6.07, 6.45) is 13.3. The molecule has 0 amide bonds. The molecule has 2 saturated heterocycles. The number of likely N-dealkylation sites (tertiary alicyclic amines) is 1. The van der Waals surface area contributed by atoms with Gasteiger partial charge in [0.25, 0.3) is 0 Å². The molecule has 0 aromatic heterocycles. The van der Waals surface area contributed by atoms with E-state index in [2.05, 4.69) is 25.7 Å². The van der Waals surface area contributed by atoms with Crippen molar-refractivity contribution >= 4 is 5.78 Å². The second kappa shape index (κ2) is 8.17. The molecule has 6 aliphatic rings. The van der Waals surface area contributed by atoms with Crippen LogP contribution in [0.5, 0.6) is 0 Å². The smallest absolute Gasteiger partial charge is 0.133 e. The van der Waals surface area contributed by atoms with Gasteiger partial charge in [0.15, 0.2) is 0 Å². The Balaban J connectivity index is 1.27. The van der Waals surface area contributed by atoms with E-state index in [1.807, 2.05) is 5.57 Å². The van der Waals surface area contributed by atoms with Crippen molar-refractivity contribution in [1.29, 1.82) is 0 Å².